The Balaban J connectivity index is 1.45. The molecule has 3 rings (SSSR count). The van der Waals surface area contributed by atoms with Crippen LogP contribution in [0.15, 0.2) is 41.0 Å². The van der Waals surface area contributed by atoms with Crippen molar-refractivity contribution in [3.05, 3.63) is 42.4 Å². The third kappa shape index (κ3) is 5.96. The molecule has 9 nitrogen and oxygen atoms in total. The molecule has 1 aliphatic rings. The maximum absolute atomic E-state index is 12.4. The number of likely N-dealkylation sites (tertiary alicyclic amines) is 1. The third-order valence-electron chi connectivity index (χ3n) is 5.33. The molecule has 9 heteroatoms. The second kappa shape index (κ2) is 11.1. The van der Waals surface area contributed by atoms with Crippen molar-refractivity contribution < 1.29 is 28.2 Å². The molecule has 1 aromatic carbocycles. The van der Waals surface area contributed by atoms with Gasteiger partial charge in [0, 0.05) is 37.8 Å². The molecule has 2 N–H and O–H groups in total. The number of rotatable bonds is 8. The van der Waals surface area contributed by atoms with E-state index in [1.54, 1.807) is 36.6 Å². The summed E-state index contributed by atoms with van der Waals surface area (Å²) in [5.41, 5.74) is 0.528. The molecular formula is C23H29N3O6. The fraction of sp³-hybridized carbons (Fsp3) is 0.391. The van der Waals surface area contributed by atoms with Gasteiger partial charge in [-0.3, -0.25) is 4.79 Å². The van der Waals surface area contributed by atoms with Gasteiger partial charge in [0.15, 0.2) is 11.5 Å². The highest BCUT2D eigenvalue weighted by Gasteiger charge is 2.22. The summed E-state index contributed by atoms with van der Waals surface area (Å²) < 4.78 is 21.1. The third-order valence-corrected chi connectivity index (χ3v) is 5.33. The van der Waals surface area contributed by atoms with Crippen molar-refractivity contribution in [3.63, 3.8) is 0 Å². The Morgan fingerprint density at radius 1 is 1.12 bits per heavy atom. The van der Waals surface area contributed by atoms with Crippen molar-refractivity contribution in [2.24, 2.45) is 5.92 Å². The van der Waals surface area contributed by atoms with Crippen molar-refractivity contribution in [1.29, 1.82) is 0 Å². The van der Waals surface area contributed by atoms with Gasteiger partial charge in [0.25, 0.3) is 0 Å². The Kier molecular flexibility index (Phi) is 8.02. The number of ether oxygens (including phenoxy) is 3. The zero-order chi connectivity index (χ0) is 22.9. The SMILES string of the molecule is COc1cc(NC(=O)NCC2CCN(C(=O)/C=C/c3ccco3)CC2)cc(OC)c1OC. The van der Waals surface area contributed by atoms with Gasteiger partial charge in [-0.25, -0.2) is 4.79 Å². The Morgan fingerprint density at radius 3 is 2.38 bits per heavy atom. The zero-order valence-electron chi connectivity index (χ0n) is 18.6. The zero-order valence-corrected chi connectivity index (χ0v) is 18.6. The monoisotopic (exact) mass is 443 g/mol. The molecule has 0 atom stereocenters. The van der Waals surface area contributed by atoms with Crippen molar-refractivity contribution in [3.8, 4) is 17.2 Å². The van der Waals surface area contributed by atoms with E-state index in [0.717, 1.165) is 12.8 Å². The number of nitrogens with one attached hydrogen (secondary N) is 2. The molecule has 172 valence electrons. The Labute approximate surface area is 187 Å². The lowest BCUT2D eigenvalue weighted by Crippen LogP contribution is -2.41. The van der Waals surface area contributed by atoms with Crippen LogP contribution in [-0.2, 0) is 4.79 Å². The fourth-order valence-corrected chi connectivity index (χ4v) is 3.57. The number of urea groups is 1. The Morgan fingerprint density at radius 2 is 1.81 bits per heavy atom. The maximum atomic E-state index is 12.4. The van der Waals surface area contributed by atoms with E-state index in [9.17, 15) is 9.59 Å². The van der Waals surface area contributed by atoms with Gasteiger partial charge in [0.2, 0.25) is 11.7 Å². The normalized spacial score (nSPS) is 14.3. The van der Waals surface area contributed by atoms with Crippen LogP contribution in [0.2, 0.25) is 0 Å². The molecular weight excluding hydrogens is 414 g/mol. The summed E-state index contributed by atoms with van der Waals surface area (Å²) in [7, 11) is 4.56. The highest BCUT2D eigenvalue weighted by Crippen LogP contribution is 2.39. The van der Waals surface area contributed by atoms with Crippen molar-refractivity contribution in [2.45, 2.75) is 12.8 Å². The van der Waals surface area contributed by atoms with E-state index in [1.807, 2.05) is 4.90 Å². The molecule has 0 unspecified atom stereocenters. The lowest BCUT2D eigenvalue weighted by Gasteiger charge is -2.31. The number of carbonyl (C=O) groups is 2. The number of methoxy groups -OCH3 is 3. The summed E-state index contributed by atoms with van der Waals surface area (Å²) in [6.07, 6.45) is 6.42. The highest BCUT2D eigenvalue weighted by atomic mass is 16.5. The van der Waals surface area contributed by atoms with Crippen LogP contribution in [0, 0.1) is 5.92 Å². The van der Waals surface area contributed by atoms with Gasteiger partial charge in [-0.15, -0.1) is 0 Å². The highest BCUT2D eigenvalue weighted by molar-refractivity contribution is 5.91. The standard InChI is InChI=1S/C23H29N3O6/c1-29-19-13-17(14-20(30-2)22(19)31-3)25-23(28)24-15-16-8-10-26(11-9-16)21(27)7-6-18-5-4-12-32-18/h4-7,12-14,16H,8-11,15H2,1-3H3,(H2,24,25,28)/b7-6+. The largest absolute Gasteiger partial charge is 0.493 e. The minimum atomic E-state index is -0.320. The molecule has 3 amide bonds. The molecule has 2 aromatic rings. The average molecular weight is 444 g/mol. The van der Waals surface area contributed by atoms with E-state index in [4.69, 9.17) is 18.6 Å². The predicted molar refractivity (Wildman–Crippen MR) is 120 cm³/mol. The number of furan rings is 1. The van der Waals surface area contributed by atoms with E-state index < -0.39 is 0 Å². The molecule has 1 fully saturated rings. The summed E-state index contributed by atoms with van der Waals surface area (Å²) >= 11 is 0. The van der Waals surface area contributed by atoms with Crippen LogP contribution in [-0.4, -0.2) is 57.8 Å². The topological polar surface area (TPSA) is 102 Å². The Bertz CT molecular complexity index is 908. The summed E-state index contributed by atoms with van der Waals surface area (Å²) in [5, 5.41) is 5.69. The van der Waals surface area contributed by atoms with Crippen molar-refractivity contribution in [2.75, 3.05) is 46.3 Å². The van der Waals surface area contributed by atoms with Crippen LogP contribution in [0.5, 0.6) is 17.2 Å². The van der Waals surface area contributed by atoms with Crippen LogP contribution >= 0.6 is 0 Å². The van der Waals surface area contributed by atoms with E-state index in [2.05, 4.69) is 10.6 Å². The second-order valence-electron chi connectivity index (χ2n) is 7.37. The minimum Gasteiger partial charge on any atom is -0.493 e. The van der Waals surface area contributed by atoms with Gasteiger partial charge in [-0.2, -0.15) is 0 Å². The van der Waals surface area contributed by atoms with Crippen LogP contribution in [0.4, 0.5) is 10.5 Å². The molecule has 32 heavy (non-hydrogen) atoms. The van der Waals surface area contributed by atoms with Gasteiger partial charge in [-0.05, 0) is 37.0 Å². The first kappa shape index (κ1) is 23.1. The van der Waals surface area contributed by atoms with Gasteiger partial charge >= 0.3 is 6.03 Å². The van der Waals surface area contributed by atoms with Gasteiger partial charge in [0.05, 0.1) is 33.3 Å². The first-order valence-corrected chi connectivity index (χ1v) is 10.4. The molecule has 1 aromatic heterocycles. The summed E-state index contributed by atoms with van der Waals surface area (Å²) in [4.78, 5) is 26.5. The number of amides is 3. The fourth-order valence-electron chi connectivity index (χ4n) is 3.57. The van der Waals surface area contributed by atoms with Crippen molar-refractivity contribution >= 4 is 23.7 Å². The summed E-state index contributed by atoms with van der Waals surface area (Å²) in [6.45, 7) is 1.84. The lowest BCUT2D eigenvalue weighted by atomic mass is 9.97. The first-order chi connectivity index (χ1) is 15.5. The van der Waals surface area contributed by atoms with E-state index in [-0.39, 0.29) is 11.9 Å². The minimum absolute atomic E-state index is 0.0343. The lowest BCUT2D eigenvalue weighted by molar-refractivity contribution is -0.127. The summed E-state index contributed by atoms with van der Waals surface area (Å²) in [5.74, 6) is 2.30. The predicted octanol–water partition coefficient (Wildman–Crippen LogP) is 3.38. The molecule has 0 aliphatic carbocycles. The number of nitrogens with zero attached hydrogens (tertiary/aromatic N) is 1. The summed E-state index contributed by atoms with van der Waals surface area (Å²) in [6, 6.07) is 6.59. The number of anilines is 1. The quantitative estimate of drug-likeness (QED) is 0.607. The molecule has 0 spiro atoms. The van der Waals surface area contributed by atoms with Crippen LogP contribution < -0.4 is 24.8 Å². The van der Waals surface area contributed by atoms with Gasteiger partial charge in [0.1, 0.15) is 5.76 Å². The first-order valence-electron chi connectivity index (χ1n) is 10.4. The van der Waals surface area contributed by atoms with Crippen LogP contribution in [0.3, 0.4) is 0 Å². The van der Waals surface area contributed by atoms with E-state index in [1.165, 1.54) is 27.4 Å². The molecule has 0 bridgehead atoms. The number of piperidine rings is 1. The second-order valence-corrected chi connectivity index (χ2v) is 7.37. The number of benzene rings is 1. The Hall–Kier alpha value is -3.62. The molecule has 2 heterocycles. The van der Waals surface area contributed by atoms with E-state index >= 15 is 0 Å². The smallest absolute Gasteiger partial charge is 0.319 e. The number of hydrogen-bond acceptors (Lipinski definition) is 6. The van der Waals surface area contributed by atoms with Crippen LogP contribution in [0.25, 0.3) is 6.08 Å². The maximum Gasteiger partial charge on any atom is 0.319 e. The molecule has 1 saturated heterocycles. The number of hydrogen-bond donors (Lipinski definition) is 2. The molecule has 0 saturated carbocycles. The van der Waals surface area contributed by atoms with E-state index in [0.29, 0.717) is 54.2 Å². The molecule has 0 radical (unpaired) electrons. The van der Waals surface area contributed by atoms with Crippen LogP contribution in [0.1, 0.15) is 18.6 Å². The average Bonchev–Trinajstić information content (AvgIpc) is 3.34. The van der Waals surface area contributed by atoms with Gasteiger partial charge in [-0.1, -0.05) is 0 Å². The van der Waals surface area contributed by atoms with Gasteiger partial charge < -0.3 is 34.2 Å². The molecule has 1 aliphatic heterocycles. The number of carbonyl (C=O) groups excluding carboxylic acids is 2. The van der Waals surface area contributed by atoms with Crippen molar-refractivity contribution in [1.82, 2.24) is 10.2 Å².